The normalized spacial score (nSPS) is 15.4. The van der Waals surface area contributed by atoms with Gasteiger partial charge in [0.2, 0.25) is 10.0 Å². The van der Waals surface area contributed by atoms with Gasteiger partial charge < -0.3 is 5.11 Å². The number of halogens is 2. The second-order valence-electron chi connectivity index (χ2n) is 4.15. The van der Waals surface area contributed by atoms with E-state index < -0.39 is 27.7 Å². The zero-order chi connectivity index (χ0) is 13.9. The Bertz CT molecular complexity index is 519. The van der Waals surface area contributed by atoms with Crippen LogP contribution in [-0.4, -0.2) is 26.2 Å². The number of benzene rings is 1. The molecule has 1 aromatic rings. The molecule has 0 aliphatic rings. The molecule has 18 heavy (non-hydrogen) atoms. The Hall–Kier alpha value is -1.05. The quantitative estimate of drug-likeness (QED) is 0.852. The fourth-order valence-corrected chi connectivity index (χ4v) is 2.59. The maximum Gasteiger partial charge on any atom is 0.240 e. The number of hydrogen-bond acceptors (Lipinski definition) is 3. The highest BCUT2D eigenvalue weighted by Crippen LogP contribution is 2.15. The van der Waals surface area contributed by atoms with E-state index in [9.17, 15) is 17.2 Å². The average molecular weight is 279 g/mol. The highest BCUT2D eigenvalue weighted by atomic mass is 32.2. The van der Waals surface area contributed by atoms with Gasteiger partial charge in [0.1, 0.15) is 0 Å². The molecule has 0 saturated heterocycles. The SMILES string of the molecule is CC(CO)C(C)NS(=O)(=O)c1ccc(F)c(F)c1. The van der Waals surface area contributed by atoms with Crippen LogP contribution in [0.25, 0.3) is 0 Å². The molecule has 0 fully saturated rings. The fourth-order valence-electron chi connectivity index (χ4n) is 1.23. The van der Waals surface area contributed by atoms with Crippen molar-refractivity contribution in [2.45, 2.75) is 24.8 Å². The van der Waals surface area contributed by atoms with Gasteiger partial charge in [0.25, 0.3) is 0 Å². The predicted octanol–water partition coefficient (Wildman–Crippen LogP) is 1.26. The maximum absolute atomic E-state index is 13.0. The molecule has 2 atom stereocenters. The first-order valence-electron chi connectivity index (χ1n) is 5.36. The minimum Gasteiger partial charge on any atom is -0.396 e. The van der Waals surface area contributed by atoms with Crippen molar-refractivity contribution in [1.82, 2.24) is 4.72 Å². The lowest BCUT2D eigenvalue weighted by Gasteiger charge is -2.19. The van der Waals surface area contributed by atoms with Crippen LogP contribution >= 0.6 is 0 Å². The molecular formula is C11H15F2NO3S. The summed E-state index contributed by atoms with van der Waals surface area (Å²) in [4.78, 5) is -0.349. The smallest absolute Gasteiger partial charge is 0.240 e. The summed E-state index contributed by atoms with van der Waals surface area (Å²) < 4.78 is 51.7. The number of rotatable bonds is 5. The maximum atomic E-state index is 13.0. The van der Waals surface area contributed by atoms with Gasteiger partial charge in [-0.1, -0.05) is 6.92 Å². The van der Waals surface area contributed by atoms with Gasteiger partial charge in [0, 0.05) is 12.6 Å². The van der Waals surface area contributed by atoms with E-state index >= 15 is 0 Å². The predicted molar refractivity (Wildman–Crippen MR) is 62.4 cm³/mol. The number of aliphatic hydroxyl groups is 1. The fraction of sp³-hybridized carbons (Fsp3) is 0.455. The van der Waals surface area contributed by atoms with Crippen molar-refractivity contribution in [3.63, 3.8) is 0 Å². The molecule has 1 aromatic carbocycles. The number of sulfonamides is 1. The van der Waals surface area contributed by atoms with E-state index in [0.717, 1.165) is 12.1 Å². The van der Waals surface area contributed by atoms with Crippen LogP contribution in [0.3, 0.4) is 0 Å². The van der Waals surface area contributed by atoms with Crippen LogP contribution in [0.1, 0.15) is 13.8 Å². The molecule has 0 bridgehead atoms. The summed E-state index contributed by atoms with van der Waals surface area (Å²) in [5, 5.41) is 8.91. The molecule has 0 saturated carbocycles. The molecule has 102 valence electrons. The summed E-state index contributed by atoms with van der Waals surface area (Å²) in [6.07, 6.45) is 0. The van der Waals surface area contributed by atoms with Crippen molar-refractivity contribution in [3.8, 4) is 0 Å². The van der Waals surface area contributed by atoms with Crippen molar-refractivity contribution in [1.29, 1.82) is 0 Å². The summed E-state index contributed by atoms with van der Waals surface area (Å²) in [6, 6.07) is 1.84. The van der Waals surface area contributed by atoms with Crippen LogP contribution in [0.5, 0.6) is 0 Å². The Balaban J connectivity index is 2.96. The Kier molecular flexibility index (Phi) is 4.78. The molecule has 0 spiro atoms. The second-order valence-corrected chi connectivity index (χ2v) is 5.86. The minimum absolute atomic E-state index is 0.179. The lowest BCUT2D eigenvalue weighted by Crippen LogP contribution is -2.38. The standard InChI is InChI=1S/C11H15F2NO3S/c1-7(6-15)8(2)14-18(16,17)9-3-4-10(12)11(13)5-9/h3-5,7-8,14-15H,6H2,1-2H3. The Morgan fingerprint density at radius 2 is 1.89 bits per heavy atom. The average Bonchev–Trinajstić information content (AvgIpc) is 2.30. The lowest BCUT2D eigenvalue weighted by atomic mass is 10.1. The van der Waals surface area contributed by atoms with E-state index in [2.05, 4.69) is 4.72 Å². The van der Waals surface area contributed by atoms with E-state index in [4.69, 9.17) is 5.11 Å². The van der Waals surface area contributed by atoms with Gasteiger partial charge in [-0.25, -0.2) is 21.9 Å². The van der Waals surface area contributed by atoms with Gasteiger partial charge in [0.05, 0.1) is 4.90 Å². The summed E-state index contributed by atoms with van der Waals surface area (Å²) in [6.45, 7) is 3.07. The topological polar surface area (TPSA) is 66.4 Å². The molecule has 0 aliphatic heterocycles. The molecule has 0 heterocycles. The molecular weight excluding hydrogens is 264 g/mol. The van der Waals surface area contributed by atoms with Crippen molar-refractivity contribution in [3.05, 3.63) is 29.8 Å². The van der Waals surface area contributed by atoms with E-state index in [0.29, 0.717) is 6.07 Å². The molecule has 2 unspecified atom stereocenters. The van der Waals surface area contributed by atoms with Crippen LogP contribution in [0.4, 0.5) is 8.78 Å². The third-order valence-electron chi connectivity index (χ3n) is 2.68. The molecule has 7 heteroatoms. The van der Waals surface area contributed by atoms with E-state index in [1.165, 1.54) is 0 Å². The molecule has 0 radical (unpaired) electrons. The number of aliphatic hydroxyl groups excluding tert-OH is 1. The molecule has 0 aliphatic carbocycles. The molecule has 2 N–H and O–H groups in total. The molecule has 4 nitrogen and oxygen atoms in total. The Labute approximate surface area is 105 Å². The number of hydrogen-bond donors (Lipinski definition) is 2. The molecule has 1 rings (SSSR count). The van der Waals surface area contributed by atoms with Crippen molar-refractivity contribution in [2.24, 2.45) is 5.92 Å². The number of nitrogens with one attached hydrogen (secondary N) is 1. The first-order valence-corrected chi connectivity index (χ1v) is 6.84. The van der Waals surface area contributed by atoms with Gasteiger partial charge in [-0.15, -0.1) is 0 Å². The van der Waals surface area contributed by atoms with Crippen LogP contribution in [-0.2, 0) is 10.0 Å². The third kappa shape index (κ3) is 3.47. The zero-order valence-corrected chi connectivity index (χ0v) is 10.8. The van der Waals surface area contributed by atoms with Crippen LogP contribution < -0.4 is 4.72 Å². The van der Waals surface area contributed by atoms with Crippen molar-refractivity contribution >= 4 is 10.0 Å². The van der Waals surface area contributed by atoms with Crippen molar-refractivity contribution < 1.29 is 22.3 Å². The van der Waals surface area contributed by atoms with Gasteiger partial charge in [-0.3, -0.25) is 0 Å². The highest BCUT2D eigenvalue weighted by Gasteiger charge is 2.21. The molecule has 0 amide bonds. The van der Waals surface area contributed by atoms with Crippen LogP contribution in [0, 0.1) is 17.6 Å². The monoisotopic (exact) mass is 279 g/mol. The summed E-state index contributed by atoms with van der Waals surface area (Å²) in [5.74, 6) is -2.61. The highest BCUT2D eigenvalue weighted by molar-refractivity contribution is 7.89. The first-order chi connectivity index (χ1) is 8.27. The Morgan fingerprint density at radius 3 is 2.39 bits per heavy atom. The van der Waals surface area contributed by atoms with E-state index in [-0.39, 0.29) is 17.4 Å². The second kappa shape index (κ2) is 5.73. The minimum atomic E-state index is -3.92. The summed E-state index contributed by atoms with van der Waals surface area (Å²) >= 11 is 0. The summed E-state index contributed by atoms with van der Waals surface area (Å²) in [7, 11) is -3.92. The van der Waals surface area contributed by atoms with Crippen LogP contribution in [0.2, 0.25) is 0 Å². The largest absolute Gasteiger partial charge is 0.396 e. The van der Waals surface area contributed by atoms with Crippen LogP contribution in [0.15, 0.2) is 23.1 Å². The first kappa shape index (κ1) is 15.0. The third-order valence-corrected chi connectivity index (χ3v) is 4.24. The van der Waals surface area contributed by atoms with Crippen molar-refractivity contribution in [2.75, 3.05) is 6.61 Å². The summed E-state index contributed by atoms with van der Waals surface area (Å²) in [5.41, 5.74) is 0. The lowest BCUT2D eigenvalue weighted by molar-refractivity contribution is 0.216. The van der Waals surface area contributed by atoms with Gasteiger partial charge in [-0.05, 0) is 31.0 Å². The van der Waals surface area contributed by atoms with E-state index in [1.807, 2.05) is 0 Å². The van der Waals surface area contributed by atoms with Gasteiger partial charge in [-0.2, -0.15) is 0 Å². The Morgan fingerprint density at radius 1 is 1.28 bits per heavy atom. The van der Waals surface area contributed by atoms with E-state index in [1.54, 1.807) is 13.8 Å². The molecule has 0 aromatic heterocycles. The van der Waals surface area contributed by atoms with Gasteiger partial charge in [0.15, 0.2) is 11.6 Å². The zero-order valence-electron chi connectivity index (χ0n) is 10.0. The van der Waals surface area contributed by atoms with Gasteiger partial charge >= 0.3 is 0 Å².